The zero-order valence-electron chi connectivity index (χ0n) is 23.6. The standard InChI is InChI=1S/C33H43FN2O3/c1-3-5-7-9-10-11-12-13-15-26-16-18-27(19-17-26)32-35-24-29(25-36-32)39-33(37)30-21-20-28(23-31(30)34)38-22-14-8-6-4-2/h16-21,23-25H,3-15,22H2,1-2H3. The number of halogens is 1. The number of carbonyl (C=O) groups excluding carboxylic acids is 1. The molecule has 0 amide bonds. The molecule has 0 aliphatic heterocycles. The minimum absolute atomic E-state index is 0.158. The molecule has 0 unspecified atom stereocenters. The summed E-state index contributed by atoms with van der Waals surface area (Å²) < 4.78 is 25.4. The first-order valence-electron chi connectivity index (χ1n) is 14.7. The lowest BCUT2D eigenvalue weighted by Gasteiger charge is -2.09. The lowest BCUT2D eigenvalue weighted by Crippen LogP contribution is -2.11. The minimum atomic E-state index is -0.802. The molecule has 6 heteroatoms. The van der Waals surface area contributed by atoms with Gasteiger partial charge in [0.25, 0.3) is 0 Å². The first-order chi connectivity index (χ1) is 19.1. The lowest BCUT2D eigenvalue weighted by atomic mass is 10.0. The van der Waals surface area contributed by atoms with Crippen LogP contribution in [0.5, 0.6) is 11.5 Å². The second kappa shape index (κ2) is 17.3. The monoisotopic (exact) mass is 534 g/mol. The smallest absolute Gasteiger partial charge is 0.346 e. The number of ether oxygens (including phenoxy) is 2. The number of aryl methyl sites for hydroxylation is 1. The summed E-state index contributed by atoms with van der Waals surface area (Å²) in [6.45, 7) is 4.92. The van der Waals surface area contributed by atoms with Crippen LogP contribution in [0.1, 0.15) is 107 Å². The molecule has 0 bridgehead atoms. The number of hydrogen-bond acceptors (Lipinski definition) is 5. The molecular formula is C33H43FN2O3. The Labute approximate surface area is 233 Å². The molecule has 0 fully saturated rings. The molecule has 0 saturated carbocycles. The van der Waals surface area contributed by atoms with Gasteiger partial charge in [0.05, 0.1) is 24.6 Å². The van der Waals surface area contributed by atoms with Gasteiger partial charge in [-0.15, -0.1) is 0 Å². The Kier molecular flexibility index (Phi) is 13.5. The van der Waals surface area contributed by atoms with Gasteiger partial charge < -0.3 is 9.47 Å². The second-order valence-corrected chi connectivity index (χ2v) is 10.1. The maximum absolute atomic E-state index is 14.5. The van der Waals surface area contributed by atoms with Crippen molar-refractivity contribution in [2.24, 2.45) is 0 Å². The van der Waals surface area contributed by atoms with E-state index in [1.54, 1.807) is 6.07 Å². The molecule has 0 N–H and O–H groups in total. The van der Waals surface area contributed by atoms with E-state index in [4.69, 9.17) is 9.47 Å². The Balaban J connectivity index is 1.44. The van der Waals surface area contributed by atoms with Crippen molar-refractivity contribution in [2.45, 2.75) is 97.3 Å². The summed E-state index contributed by atoms with van der Waals surface area (Å²) in [5, 5.41) is 0. The Morgan fingerprint density at radius 2 is 1.36 bits per heavy atom. The van der Waals surface area contributed by atoms with E-state index in [1.165, 1.54) is 81.5 Å². The van der Waals surface area contributed by atoms with E-state index < -0.39 is 11.8 Å². The molecule has 3 rings (SSSR count). The van der Waals surface area contributed by atoms with Crippen LogP contribution in [0.3, 0.4) is 0 Å². The van der Waals surface area contributed by atoms with Crippen molar-refractivity contribution in [1.82, 2.24) is 9.97 Å². The first kappa shape index (κ1) is 30.3. The van der Waals surface area contributed by atoms with Gasteiger partial charge in [0.1, 0.15) is 11.6 Å². The molecule has 5 nitrogen and oxygen atoms in total. The summed E-state index contributed by atoms with van der Waals surface area (Å²) in [6.07, 6.45) is 18.8. The van der Waals surface area contributed by atoms with Crippen LogP contribution >= 0.6 is 0 Å². The highest BCUT2D eigenvalue weighted by molar-refractivity contribution is 5.91. The molecule has 0 aliphatic rings. The fraction of sp³-hybridized carbons (Fsp3) is 0.485. The predicted octanol–water partition coefficient (Wildman–Crippen LogP) is 9.14. The molecule has 1 aromatic heterocycles. The number of aromatic nitrogens is 2. The van der Waals surface area contributed by atoms with Crippen LogP contribution in [0.2, 0.25) is 0 Å². The Bertz CT molecular complexity index is 1120. The van der Waals surface area contributed by atoms with Gasteiger partial charge in [-0.2, -0.15) is 0 Å². The number of carbonyl (C=O) groups is 1. The molecule has 3 aromatic rings. The zero-order valence-corrected chi connectivity index (χ0v) is 23.6. The molecule has 0 spiro atoms. The average Bonchev–Trinajstić information content (AvgIpc) is 2.95. The summed E-state index contributed by atoms with van der Waals surface area (Å²) >= 11 is 0. The molecule has 0 atom stereocenters. The third-order valence-corrected chi connectivity index (χ3v) is 6.80. The number of rotatable bonds is 18. The highest BCUT2D eigenvalue weighted by atomic mass is 19.1. The Hall–Kier alpha value is -3.28. The van der Waals surface area contributed by atoms with Gasteiger partial charge in [-0.3, -0.25) is 0 Å². The van der Waals surface area contributed by atoms with Crippen LogP contribution < -0.4 is 9.47 Å². The largest absolute Gasteiger partial charge is 0.493 e. The normalized spacial score (nSPS) is 10.9. The van der Waals surface area contributed by atoms with E-state index in [2.05, 4.69) is 35.9 Å². The van der Waals surface area contributed by atoms with Crippen molar-refractivity contribution >= 4 is 5.97 Å². The van der Waals surface area contributed by atoms with Crippen LogP contribution in [-0.4, -0.2) is 22.5 Å². The molecule has 210 valence electrons. The maximum Gasteiger partial charge on any atom is 0.346 e. The van der Waals surface area contributed by atoms with E-state index >= 15 is 0 Å². The van der Waals surface area contributed by atoms with Gasteiger partial charge in [0.2, 0.25) is 0 Å². The van der Waals surface area contributed by atoms with Crippen molar-refractivity contribution in [2.75, 3.05) is 6.61 Å². The summed E-state index contributed by atoms with van der Waals surface area (Å²) in [5.41, 5.74) is 2.04. The first-order valence-corrected chi connectivity index (χ1v) is 14.7. The number of esters is 1. The fourth-order valence-corrected chi connectivity index (χ4v) is 4.43. The number of benzene rings is 2. The van der Waals surface area contributed by atoms with Crippen LogP contribution in [0.15, 0.2) is 54.9 Å². The van der Waals surface area contributed by atoms with Gasteiger partial charge in [0.15, 0.2) is 11.6 Å². The van der Waals surface area contributed by atoms with Gasteiger partial charge in [0, 0.05) is 11.6 Å². The maximum atomic E-state index is 14.5. The van der Waals surface area contributed by atoms with Crippen molar-refractivity contribution in [3.05, 3.63) is 71.8 Å². The number of unbranched alkanes of at least 4 members (excludes halogenated alkanes) is 10. The second-order valence-electron chi connectivity index (χ2n) is 10.1. The van der Waals surface area contributed by atoms with E-state index in [1.807, 2.05) is 12.1 Å². The van der Waals surface area contributed by atoms with Crippen molar-refractivity contribution in [3.63, 3.8) is 0 Å². The average molecular weight is 535 g/mol. The van der Waals surface area contributed by atoms with Gasteiger partial charge in [-0.1, -0.05) is 102 Å². The summed E-state index contributed by atoms with van der Waals surface area (Å²) in [5.74, 6) is -0.387. The predicted molar refractivity (Wildman–Crippen MR) is 155 cm³/mol. The van der Waals surface area contributed by atoms with E-state index in [0.717, 1.165) is 37.7 Å². The van der Waals surface area contributed by atoms with Crippen molar-refractivity contribution < 1.29 is 18.7 Å². The van der Waals surface area contributed by atoms with Crippen LogP contribution in [0, 0.1) is 5.82 Å². The SMILES string of the molecule is CCCCCCCCCCc1ccc(-c2ncc(OC(=O)c3ccc(OCCCCCC)cc3F)cn2)cc1. The van der Waals surface area contributed by atoms with Crippen LogP contribution in [0.4, 0.5) is 4.39 Å². The van der Waals surface area contributed by atoms with Gasteiger partial charge in [-0.25, -0.2) is 19.2 Å². The number of nitrogens with zero attached hydrogens (tertiary/aromatic N) is 2. The van der Waals surface area contributed by atoms with E-state index in [0.29, 0.717) is 18.2 Å². The zero-order chi connectivity index (χ0) is 27.7. The Morgan fingerprint density at radius 1 is 0.744 bits per heavy atom. The molecule has 1 heterocycles. The topological polar surface area (TPSA) is 61.3 Å². The molecule has 0 saturated heterocycles. The van der Waals surface area contributed by atoms with E-state index in [-0.39, 0.29) is 11.3 Å². The third kappa shape index (κ3) is 10.8. The quantitative estimate of drug-likeness (QED) is 0.120. The van der Waals surface area contributed by atoms with Crippen LogP contribution in [0.25, 0.3) is 11.4 Å². The highest BCUT2D eigenvalue weighted by Gasteiger charge is 2.16. The van der Waals surface area contributed by atoms with E-state index in [9.17, 15) is 9.18 Å². The van der Waals surface area contributed by atoms with Crippen molar-refractivity contribution in [3.8, 4) is 22.9 Å². The summed E-state index contributed by atoms with van der Waals surface area (Å²) in [6, 6.07) is 12.5. The van der Waals surface area contributed by atoms with Gasteiger partial charge in [-0.05, 0) is 37.0 Å². The minimum Gasteiger partial charge on any atom is -0.493 e. The molecule has 2 aromatic carbocycles. The molecule has 0 aliphatic carbocycles. The lowest BCUT2D eigenvalue weighted by molar-refractivity contribution is 0.0728. The fourth-order valence-electron chi connectivity index (χ4n) is 4.43. The third-order valence-electron chi connectivity index (χ3n) is 6.80. The molecular weight excluding hydrogens is 491 g/mol. The van der Waals surface area contributed by atoms with Crippen molar-refractivity contribution in [1.29, 1.82) is 0 Å². The summed E-state index contributed by atoms with van der Waals surface area (Å²) in [4.78, 5) is 21.2. The van der Waals surface area contributed by atoms with Gasteiger partial charge >= 0.3 is 5.97 Å². The highest BCUT2D eigenvalue weighted by Crippen LogP contribution is 2.21. The molecule has 39 heavy (non-hydrogen) atoms. The molecule has 0 radical (unpaired) electrons. The summed E-state index contributed by atoms with van der Waals surface area (Å²) in [7, 11) is 0. The Morgan fingerprint density at radius 3 is 2.00 bits per heavy atom. The number of hydrogen-bond donors (Lipinski definition) is 0. The van der Waals surface area contributed by atoms with Crippen LogP contribution in [-0.2, 0) is 6.42 Å².